The molecule has 1 heterocycles. The van der Waals surface area contributed by atoms with Crippen molar-refractivity contribution in [1.29, 1.82) is 0 Å². The predicted molar refractivity (Wildman–Crippen MR) is 305 cm³/mol. The standard InChI is InChI=1S/C54H85N7O16S2/c1-45-3-7-47(8-4-45)58-53(78)56-16-23-68-29-35-73-37-31-70-25-19-60(20-26-71-32-38-74-36-30-69-24-17-57-54(79)59-48-9-5-46(2)6-10-48)50(63)14-21-66-27-33-72-39-41-76-43-44-77-42-40-75-34-28-67-22-15-55-49(62)13-18-61-51(64)11-12-52(61)65/h3-12H,13-44H2,1-2H3,(H,55,62)(H2,56,58,78)(H2,57,59,79). The van der Waals surface area contributed by atoms with Crippen LogP contribution in [0.4, 0.5) is 11.4 Å². The summed E-state index contributed by atoms with van der Waals surface area (Å²) in [5.41, 5.74) is 4.22. The first-order chi connectivity index (χ1) is 38.6. The third-order valence-corrected chi connectivity index (χ3v) is 11.4. The van der Waals surface area contributed by atoms with Gasteiger partial charge < -0.3 is 88.3 Å². The Kier molecular flexibility index (Phi) is 40.6. The van der Waals surface area contributed by atoms with Crippen molar-refractivity contribution < 1.29 is 76.0 Å². The molecule has 1 aliphatic heterocycles. The Balaban J connectivity index is 1.14. The Morgan fingerprint density at radius 1 is 0.418 bits per heavy atom. The minimum atomic E-state index is -0.409. The van der Waals surface area contributed by atoms with E-state index >= 15 is 0 Å². The second-order valence-corrected chi connectivity index (χ2v) is 18.1. The van der Waals surface area contributed by atoms with Gasteiger partial charge in [0.2, 0.25) is 11.8 Å². The van der Waals surface area contributed by atoms with Crippen molar-refractivity contribution in [3.63, 3.8) is 0 Å². The van der Waals surface area contributed by atoms with Gasteiger partial charge in [0.1, 0.15) is 0 Å². The Morgan fingerprint density at radius 2 is 0.722 bits per heavy atom. The monoisotopic (exact) mass is 1150 g/mol. The van der Waals surface area contributed by atoms with Crippen molar-refractivity contribution >= 4 is 69.7 Å². The summed E-state index contributed by atoms with van der Waals surface area (Å²) in [5, 5.41) is 16.3. The van der Waals surface area contributed by atoms with Crippen LogP contribution < -0.4 is 26.6 Å². The zero-order valence-corrected chi connectivity index (χ0v) is 47.8. The molecule has 3 rings (SSSR count). The van der Waals surface area contributed by atoms with Crippen molar-refractivity contribution in [3.8, 4) is 0 Å². The van der Waals surface area contributed by atoms with Gasteiger partial charge >= 0.3 is 0 Å². The normalized spacial score (nSPS) is 12.1. The fourth-order valence-corrected chi connectivity index (χ4v) is 7.07. The molecular formula is C54H85N7O16S2. The van der Waals surface area contributed by atoms with Crippen LogP contribution in [0.2, 0.25) is 0 Å². The number of imide groups is 1. The van der Waals surface area contributed by atoms with Crippen molar-refractivity contribution in [2.45, 2.75) is 26.7 Å². The van der Waals surface area contributed by atoms with E-state index in [1.54, 1.807) is 4.90 Å². The van der Waals surface area contributed by atoms with Crippen molar-refractivity contribution in [1.82, 2.24) is 25.8 Å². The van der Waals surface area contributed by atoms with Gasteiger partial charge in [0.15, 0.2) is 10.2 Å². The first-order valence-electron chi connectivity index (χ1n) is 26.8. The number of nitrogens with one attached hydrogen (secondary N) is 5. The van der Waals surface area contributed by atoms with Crippen molar-refractivity contribution in [2.75, 3.05) is 208 Å². The summed E-state index contributed by atoms with van der Waals surface area (Å²) in [6, 6.07) is 16.0. The van der Waals surface area contributed by atoms with Gasteiger partial charge in [-0.15, -0.1) is 0 Å². The molecule has 444 valence electrons. The molecule has 2 aromatic rings. The van der Waals surface area contributed by atoms with Crippen LogP contribution in [-0.4, -0.2) is 241 Å². The molecule has 0 saturated carbocycles. The van der Waals surface area contributed by atoms with Crippen LogP contribution in [0.1, 0.15) is 24.0 Å². The van der Waals surface area contributed by atoms with Crippen LogP contribution in [0.15, 0.2) is 60.7 Å². The summed E-state index contributed by atoms with van der Waals surface area (Å²) >= 11 is 10.7. The van der Waals surface area contributed by atoms with Crippen LogP contribution in [0.3, 0.4) is 0 Å². The predicted octanol–water partition coefficient (Wildman–Crippen LogP) is 2.43. The lowest BCUT2D eigenvalue weighted by Crippen LogP contribution is -2.37. The number of ether oxygens (including phenoxy) is 12. The van der Waals surface area contributed by atoms with Gasteiger partial charge in [-0.3, -0.25) is 24.1 Å². The average molecular weight is 1150 g/mol. The molecule has 1 aliphatic rings. The molecule has 0 radical (unpaired) electrons. The number of nitrogens with zero attached hydrogens (tertiary/aromatic N) is 2. The quantitative estimate of drug-likeness (QED) is 0.0363. The third kappa shape index (κ3) is 37.7. The second-order valence-electron chi connectivity index (χ2n) is 17.2. The smallest absolute Gasteiger partial charge is 0.253 e. The highest BCUT2D eigenvalue weighted by molar-refractivity contribution is 7.80. The number of aryl methyl sites for hydroxylation is 2. The minimum Gasteiger partial charge on any atom is -0.379 e. The van der Waals surface area contributed by atoms with E-state index in [0.717, 1.165) is 16.3 Å². The molecule has 23 nitrogen and oxygen atoms in total. The molecule has 0 unspecified atom stereocenters. The van der Waals surface area contributed by atoms with Crippen LogP contribution in [-0.2, 0) is 76.0 Å². The van der Waals surface area contributed by atoms with Crippen LogP contribution in [0, 0.1) is 13.8 Å². The summed E-state index contributed by atoms with van der Waals surface area (Å²) in [6.45, 7) is 15.6. The summed E-state index contributed by atoms with van der Waals surface area (Å²) in [7, 11) is 0. The Hall–Kier alpha value is -4.84. The summed E-state index contributed by atoms with van der Waals surface area (Å²) in [5.74, 6) is -1.16. The van der Waals surface area contributed by atoms with Crippen molar-refractivity contribution in [3.05, 3.63) is 71.8 Å². The summed E-state index contributed by atoms with van der Waals surface area (Å²) in [4.78, 5) is 50.9. The second kappa shape index (κ2) is 46.9. The average Bonchev–Trinajstić information content (AvgIpc) is 3.77. The zero-order chi connectivity index (χ0) is 56.6. The highest BCUT2D eigenvalue weighted by Crippen LogP contribution is 2.09. The van der Waals surface area contributed by atoms with Gasteiger partial charge in [0, 0.05) is 69.2 Å². The van der Waals surface area contributed by atoms with E-state index < -0.39 is 11.8 Å². The topological polar surface area (TPSA) is 246 Å². The molecule has 0 atom stereocenters. The fraction of sp³-hybridized carbons (Fsp3) is 0.630. The fourth-order valence-electron chi connectivity index (χ4n) is 6.63. The number of carbonyl (C=O) groups is 4. The van der Waals surface area contributed by atoms with E-state index in [9.17, 15) is 19.2 Å². The molecule has 0 fully saturated rings. The molecule has 0 bridgehead atoms. The molecule has 5 N–H and O–H groups in total. The Morgan fingerprint density at radius 3 is 1.08 bits per heavy atom. The molecule has 0 aromatic heterocycles. The number of anilines is 2. The van der Waals surface area contributed by atoms with Crippen LogP contribution in [0.5, 0.6) is 0 Å². The van der Waals surface area contributed by atoms with Gasteiger partial charge in [-0.05, 0) is 62.5 Å². The molecule has 0 spiro atoms. The largest absolute Gasteiger partial charge is 0.379 e. The maximum absolute atomic E-state index is 13.2. The highest BCUT2D eigenvalue weighted by Gasteiger charge is 2.23. The van der Waals surface area contributed by atoms with Crippen molar-refractivity contribution in [2.24, 2.45) is 0 Å². The lowest BCUT2D eigenvalue weighted by Gasteiger charge is -2.23. The molecule has 25 heteroatoms. The van der Waals surface area contributed by atoms with E-state index in [-0.39, 0.29) is 37.8 Å². The molecule has 4 amide bonds. The maximum Gasteiger partial charge on any atom is 0.253 e. The molecule has 0 saturated heterocycles. The Bertz CT molecular complexity index is 1890. The van der Waals surface area contributed by atoms with E-state index in [2.05, 4.69) is 26.6 Å². The minimum absolute atomic E-state index is 0.0343. The highest BCUT2D eigenvalue weighted by atomic mass is 32.1. The van der Waals surface area contributed by atoms with Gasteiger partial charge in [-0.2, -0.15) is 0 Å². The molecule has 0 aliphatic carbocycles. The number of carbonyl (C=O) groups excluding carboxylic acids is 4. The first kappa shape index (κ1) is 68.4. The number of hydrogen-bond donors (Lipinski definition) is 5. The van der Waals surface area contributed by atoms with E-state index in [4.69, 9.17) is 81.3 Å². The van der Waals surface area contributed by atoms with Crippen LogP contribution in [0.25, 0.3) is 0 Å². The molecular weight excluding hydrogens is 1070 g/mol. The molecule has 79 heavy (non-hydrogen) atoms. The summed E-state index contributed by atoms with van der Waals surface area (Å²) < 4.78 is 67.4. The lowest BCUT2D eigenvalue weighted by molar-refractivity contribution is -0.137. The van der Waals surface area contributed by atoms with Gasteiger partial charge in [-0.25, -0.2) is 0 Å². The lowest BCUT2D eigenvalue weighted by atomic mass is 10.2. The Labute approximate surface area is 476 Å². The first-order valence-corrected chi connectivity index (χ1v) is 27.7. The van der Waals surface area contributed by atoms with Gasteiger partial charge in [0.25, 0.3) is 11.8 Å². The SMILES string of the molecule is Cc1ccc(NC(=S)NCCOCCOCCOCCN(CCOCCOCCOCCNC(=S)Nc2ccc(C)cc2)C(=O)CCOCCOCCOCCOCCOCCOCCNC(=O)CCN2C(=O)C=CC2=O)cc1. The van der Waals surface area contributed by atoms with Crippen LogP contribution >= 0.6 is 24.4 Å². The number of hydrogen-bond acceptors (Lipinski definition) is 18. The maximum atomic E-state index is 13.2. The number of benzene rings is 2. The number of amides is 4. The number of rotatable bonds is 50. The van der Waals surface area contributed by atoms with Gasteiger partial charge in [0.05, 0.1) is 165 Å². The third-order valence-electron chi connectivity index (χ3n) is 10.9. The van der Waals surface area contributed by atoms with Gasteiger partial charge in [-0.1, -0.05) is 35.4 Å². The zero-order valence-electron chi connectivity index (χ0n) is 46.1. The van der Waals surface area contributed by atoms with E-state index in [0.29, 0.717) is 195 Å². The molecule has 2 aromatic carbocycles. The number of thiocarbonyl (C=S) groups is 2. The van der Waals surface area contributed by atoms with E-state index in [1.807, 2.05) is 62.4 Å². The summed E-state index contributed by atoms with van der Waals surface area (Å²) in [6.07, 6.45) is 2.61. The van der Waals surface area contributed by atoms with E-state index in [1.165, 1.54) is 23.3 Å².